The van der Waals surface area contributed by atoms with E-state index in [0.29, 0.717) is 18.7 Å². The van der Waals surface area contributed by atoms with Gasteiger partial charge in [-0.1, -0.05) is 25.5 Å². The summed E-state index contributed by atoms with van der Waals surface area (Å²) in [6, 6.07) is 7.00. The predicted molar refractivity (Wildman–Crippen MR) is 89.6 cm³/mol. The Kier molecular flexibility index (Phi) is 7.03. The third-order valence-corrected chi connectivity index (χ3v) is 3.15. The lowest BCUT2D eigenvalue weighted by Crippen LogP contribution is -2.37. The molecule has 0 atom stereocenters. The maximum absolute atomic E-state index is 12.3. The molecule has 0 aromatic heterocycles. The largest absolute Gasteiger partial charge is 0.444 e. The number of rotatable bonds is 6. The maximum atomic E-state index is 12.3. The lowest BCUT2D eigenvalue weighted by Gasteiger charge is -2.27. The van der Waals surface area contributed by atoms with Crippen molar-refractivity contribution in [3.8, 4) is 0 Å². The van der Waals surface area contributed by atoms with Crippen LogP contribution in [0.5, 0.6) is 0 Å². The number of nitrogens with two attached hydrogens (primary N) is 1. The van der Waals surface area contributed by atoms with Crippen LogP contribution < -0.4 is 11.3 Å². The van der Waals surface area contributed by atoms with Crippen LogP contribution in [0.3, 0.4) is 0 Å². The summed E-state index contributed by atoms with van der Waals surface area (Å²) in [5.41, 5.74) is 2.98. The lowest BCUT2D eigenvalue weighted by molar-refractivity contribution is 0.0231. The topological polar surface area (TPSA) is 84.7 Å². The number of carbonyl (C=O) groups is 2. The Bertz CT molecular complexity index is 521. The molecule has 0 fully saturated rings. The lowest BCUT2D eigenvalue weighted by atomic mass is 10.1. The quantitative estimate of drug-likeness (QED) is 0.479. The van der Waals surface area contributed by atoms with Crippen LogP contribution in [0.25, 0.3) is 0 Å². The van der Waals surface area contributed by atoms with Gasteiger partial charge in [0.2, 0.25) is 0 Å². The number of hydrazine groups is 1. The minimum Gasteiger partial charge on any atom is -0.444 e. The molecule has 6 nitrogen and oxygen atoms in total. The normalized spacial score (nSPS) is 11.0. The molecule has 3 N–H and O–H groups in total. The van der Waals surface area contributed by atoms with Crippen molar-refractivity contribution in [1.29, 1.82) is 0 Å². The van der Waals surface area contributed by atoms with Crippen molar-refractivity contribution in [2.24, 2.45) is 5.84 Å². The second-order valence-electron chi connectivity index (χ2n) is 6.43. The van der Waals surface area contributed by atoms with E-state index in [4.69, 9.17) is 10.6 Å². The summed E-state index contributed by atoms with van der Waals surface area (Å²) in [5.74, 6) is 4.77. The fourth-order valence-corrected chi connectivity index (χ4v) is 1.98. The SMILES string of the molecule is CCCCN(Cc1ccc(C(=O)NN)cc1)C(=O)OC(C)(C)C. The Hall–Kier alpha value is -2.08. The minimum absolute atomic E-state index is 0.324. The Balaban J connectivity index is 2.80. The highest BCUT2D eigenvalue weighted by Crippen LogP contribution is 2.14. The fourth-order valence-electron chi connectivity index (χ4n) is 1.98. The van der Waals surface area contributed by atoms with Gasteiger partial charge in [0.05, 0.1) is 0 Å². The monoisotopic (exact) mass is 321 g/mol. The molecule has 0 bridgehead atoms. The summed E-state index contributed by atoms with van der Waals surface area (Å²) in [5, 5.41) is 0. The number of hydrogen-bond donors (Lipinski definition) is 2. The van der Waals surface area contributed by atoms with Crippen molar-refractivity contribution < 1.29 is 14.3 Å². The van der Waals surface area contributed by atoms with Crippen LogP contribution in [0.2, 0.25) is 0 Å². The van der Waals surface area contributed by atoms with Crippen molar-refractivity contribution in [2.75, 3.05) is 6.54 Å². The predicted octanol–water partition coefficient (Wildman–Crippen LogP) is 2.83. The van der Waals surface area contributed by atoms with Gasteiger partial charge in [0, 0.05) is 18.7 Å². The molecule has 1 rings (SSSR count). The van der Waals surface area contributed by atoms with E-state index in [2.05, 4.69) is 12.3 Å². The fraction of sp³-hybridized carbons (Fsp3) is 0.529. The average molecular weight is 321 g/mol. The molecule has 0 saturated carbocycles. The van der Waals surface area contributed by atoms with Crippen LogP contribution in [-0.4, -0.2) is 29.0 Å². The highest BCUT2D eigenvalue weighted by atomic mass is 16.6. The summed E-state index contributed by atoms with van der Waals surface area (Å²) in [4.78, 5) is 25.4. The highest BCUT2D eigenvalue weighted by molar-refractivity contribution is 5.93. The molecule has 1 aromatic carbocycles. The molecule has 1 aromatic rings. The number of benzene rings is 1. The van der Waals surface area contributed by atoms with Gasteiger partial charge < -0.3 is 9.64 Å². The van der Waals surface area contributed by atoms with E-state index in [-0.39, 0.29) is 12.0 Å². The van der Waals surface area contributed by atoms with Gasteiger partial charge >= 0.3 is 6.09 Å². The van der Waals surface area contributed by atoms with Gasteiger partial charge in [-0.2, -0.15) is 0 Å². The molecule has 0 aliphatic carbocycles. The molecule has 6 heteroatoms. The van der Waals surface area contributed by atoms with Gasteiger partial charge in [0.15, 0.2) is 0 Å². The van der Waals surface area contributed by atoms with E-state index in [9.17, 15) is 9.59 Å². The number of nitrogens with one attached hydrogen (secondary N) is 1. The Morgan fingerprint density at radius 2 is 1.83 bits per heavy atom. The minimum atomic E-state index is -0.523. The molecule has 0 radical (unpaired) electrons. The second kappa shape index (κ2) is 8.53. The average Bonchev–Trinajstić information content (AvgIpc) is 2.49. The van der Waals surface area contributed by atoms with Gasteiger partial charge in [0.25, 0.3) is 5.91 Å². The maximum Gasteiger partial charge on any atom is 0.410 e. The van der Waals surface area contributed by atoms with Crippen molar-refractivity contribution in [2.45, 2.75) is 52.7 Å². The molecule has 23 heavy (non-hydrogen) atoms. The number of hydrogen-bond acceptors (Lipinski definition) is 4. The molecule has 0 unspecified atom stereocenters. The standard InChI is InChI=1S/C17H27N3O3/c1-5-6-11-20(16(22)23-17(2,3)4)12-13-7-9-14(10-8-13)15(21)19-18/h7-10H,5-6,11-12,18H2,1-4H3,(H,19,21). The van der Waals surface area contributed by atoms with Gasteiger partial charge in [-0.05, 0) is 44.9 Å². The number of unbranched alkanes of at least 4 members (excludes halogenated alkanes) is 1. The van der Waals surface area contributed by atoms with Crippen molar-refractivity contribution in [3.05, 3.63) is 35.4 Å². The Labute approximate surface area is 138 Å². The first-order valence-electron chi connectivity index (χ1n) is 7.84. The highest BCUT2D eigenvalue weighted by Gasteiger charge is 2.22. The van der Waals surface area contributed by atoms with Crippen LogP contribution in [-0.2, 0) is 11.3 Å². The molecule has 0 heterocycles. The van der Waals surface area contributed by atoms with E-state index in [1.165, 1.54) is 0 Å². The number of carbonyl (C=O) groups excluding carboxylic acids is 2. The summed E-state index contributed by atoms with van der Waals surface area (Å²) < 4.78 is 5.45. The summed E-state index contributed by atoms with van der Waals surface area (Å²) in [6.45, 7) is 8.71. The summed E-state index contributed by atoms with van der Waals surface area (Å²) in [6.07, 6.45) is 1.58. The Morgan fingerprint density at radius 3 is 2.30 bits per heavy atom. The summed E-state index contributed by atoms with van der Waals surface area (Å²) in [7, 11) is 0. The third kappa shape index (κ3) is 6.69. The van der Waals surface area contributed by atoms with Crippen LogP contribution >= 0.6 is 0 Å². The zero-order valence-electron chi connectivity index (χ0n) is 14.4. The van der Waals surface area contributed by atoms with Gasteiger partial charge in [-0.3, -0.25) is 10.2 Å². The van der Waals surface area contributed by atoms with Crippen molar-refractivity contribution in [1.82, 2.24) is 10.3 Å². The number of nitrogen functional groups attached to an aromatic ring is 1. The van der Waals surface area contributed by atoms with E-state index >= 15 is 0 Å². The summed E-state index contributed by atoms with van der Waals surface area (Å²) >= 11 is 0. The van der Waals surface area contributed by atoms with Gasteiger partial charge in [-0.15, -0.1) is 0 Å². The van der Waals surface area contributed by atoms with Crippen LogP contribution in [0.4, 0.5) is 4.79 Å². The number of amides is 2. The van der Waals surface area contributed by atoms with E-state index in [1.54, 1.807) is 17.0 Å². The van der Waals surface area contributed by atoms with Crippen LogP contribution in [0.1, 0.15) is 56.5 Å². The first-order chi connectivity index (χ1) is 10.8. The van der Waals surface area contributed by atoms with E-state index in [1.807, 2.05) is 32.9 Å². The van der Waals surface area contributed by atoms with Gasteiger partial charge in [-0.25, -0.2) is 10.6 Å². The van der Waals surface area contributed by atoms with E-state index in [0.717, 1.165) is 18.4 Å². The van der Waals surface area contributed by atoms with Gasteiger partial charge in [0.1, 0.15) is 5.60 Å². The zero-order chi connectivity index (χ0) is 17.5. The number of ether oxygens (including phenoxy) is 1. The molecule has 0 aliphatic rings. The number of nitrogens with zero attached hydrogens (tertiary/aromatic N) is 1. The van der Waals surface area contributed by atoms with Crippen LogP contribution in [0, 0.1) is 0 Å². The molecule has 0 spiro atoms. The zero-order valence-corrected chi connectivity index (χ0v) is 14.4. The van der Waals surface area contributed by atoms with E-state index < -0.39 is 5.60 Å². The first-order valence-corrected chi connectivity index (χ1v) is 7.84. The third-order valence-electron chi connectivity index (χ3n) is 3.15. The molecular formula is C17H27N3O3. The first kappa shape index (κ1) is 19.0. The second-order valence-corrected chi connectivity index (χ2v) is 6.43. The molecule has 0 aliphatic heterocycles. The van der Waals surface area contributed by atoms with Crippen molar-refractivity contribution in [3.63, 3.8) is 0 Å². The molecular weight excluding hydrogens is 294 g/mol. The Morgan fingerprint density at radius 1 is 1.22 bits per heavy atom. The molecule has 0 saturated heterocycles. The molecule has 2 amide bonds. The van der Waals surface area contributed by atoms with Crippen molar-refractivity contribution >= 4 is 12.0 Å². The molecule has 128 valence electrons. The smallest absolute Gasteiger partial charge is 0.410 e. The van der Waals surface area contributed by atoms with Crippen LogP contribution in [0.15, 0.2) is 24.3 Å².